The maximum atomic E-state index is 12.2. The van der Waals surface area contributed by atoms with E-state index in [0.717, 1.165) is 18.4 Å². The van der Waals surface area contributed by atoms with Crippen LogP contribution in [-0.2, 0) is 5.60 Å². The van der Waals surface area contributed by atoms with E-state index in [2.05, 4.69) is 10.3 Å². The topological polar surface area (TPSA) is 62.2 Å². The molecule has 120 valence electrons. The molecule has 1 saturated carbocycles. The van der Waals surface area contributed by atoms with Crippen LogP contribution in [0.25, 0.3) is 0 Å². The van der Waals surface area contributed by atoms with Crippen LogP contribution in [0.4, 0.5) is 0 Å². The Balaban J connectivity index is 1.60. The van der Waals surface area contributed by atoms with Crippen LogP contribution >= 0.6 is 11.6 Å². The molecule has 1 aliphatic rings. The Hall–Kier alpha value is -1.91. The molecule has 2 aromatic rings. The number of amides is 1. The molecule has 0 unspecified atom stereocenters. The lowest BCUT2D eigenvalue weighted by molar-refractivity contribution is -0.00803. The third-order valence-electron chi connectivity index (χ3n) is 4.43. The number of benzene rings is 1. The van der Waals surface area contributed by atoms with Gasteiger partial charge in [-0.3, -0.25) is 9.78 Å². The molecule has 1 aliphatic carbocycles. The normalized spacial score (nSPS) is 24.2. The number of halogens is 1. The molecule has 23 heavy (non-hydrogen) atoms. The van der Waals surface area contributed by atoms with Crippen molar-refractivity contribution in [3.63, 3.8) is 0 Å². The van der Waals surface area contributed by atoms with Crippen molar-refractivity contribution in [2.45, 2.75) is 37.3 Å². The Morgan fingerprint density at radius 3 is 2.57 bits per heavy atom. The maximum absolute atomic E-state index is 12.2. The molecule has 1 heterocycles. The third kappa shape index (κ3) is 3.71. The van der Waals surface area contributed by atoms with E-state index in [1.807, 2.05) is 30.3 Å². The predicted octanol–water partition coefficient (Wildman–Crippen LogP) is 3.30. The first-order valence-corrected chi connectivity index (χ1v) is 8.14. The first-order chi connectivity index (χ1) is 11.1. The SMILES string of the molecule is O=C(NC1CCC(O)(c2ccccc2)CC1)c1cncc(Cl)c1. The van der Waals surface area contributed by atoms with Gasteiger partial charge in [-0.1, -0.05) is 41.9 Å². The summed E-state index contributed by atoms with van der Waals surface area (Å²) in [7, 11) is 0. The molecule has 1 amide bonds. The van der Waals surface area contributed by atoms with Gasteiger partial charge in [0, 0.05) is 18.4 Å². The number of carbonyl (C=O) groups is 1. The van der Waals surface area contributed by atoms with Gasteiger partial charge >= 0.3 is 0 Å². The number of pyridine rings is 1. The summed E-state index contributed by atoms with van der Waals surface area (Å²) in [5.74, 6) is -0.171. The van der Waals surface area contributed by atoms with Crippen molar-refractivity contribution in [1.82, 2.24) is 10.3 Å². The Bertz CT molecular complexity index is 682. The Kier molecular flexibility index (Phi) is 4.64. The molecule has 0 radical (unpaired) electrons. The monoisotopic (exact) mass is 330 g/mol. The summed E-state index contributed by atoms with van der Waals surface area (Å²) in [5.41, 5.74) is 0.616. The van der Waals surface area contributed by atoms with E-state index in [9.17, 15) is 9.90 Å². The van der Waals surface area contributed by atoms with Gasteiger partial charge in [0.15, 0.2) is 0 Å². The number of nitrogens with zero attached hydrogens (tertiary/aromatic N) is 1. The van der Waals surface area contributed by atoms with Crippen molar-refractivity contribution < 1.29 is 9.90 Å². The van der Waals surface area contributed by atoms with E-state index < -0.39 is 5.60 Å². The number of carbonyl (C=O) groups excluding carboxylic acids is 1. The number of aromatic nitrogens is 1. The van der Waals surface area contributed by atoms with Crippen LogP contribution in [0.15, 0.2) is 48.8 Å². The first-order valence-electron chi connectivity index (χ1n) is 7.76. The lowest BCUT2D eigenvalue weighted by Crippen LogP contribution is -2.42. The van der Waals surface area contributed by atoms with Crippen molar-refractivity contribution in [2.75, 3.05) is 0 Å². The van der Waals surface area contributed by atoms with Crippen LogP contribution in [0.5, 0.6) is 0 Å². The highest BCUT2D eigenvalue weighted by molar-refractivity contribution is 6.30. The first kappa shape index (κ1) is 16.0. The Labute approximate surface area is 140 Å². The van der Waals surface area contributed by atoms with Crippen LogP contribution in [0.3, 0.4) is 0 Å². The zero-order valence-electron chi connectivity index (χ0n) is 12.7. The van der Waals surface area contributed by atoms with Gasteiger partial charge in [-0.15, -0.1) is 0 Å². The minimum Gasteiger partial charge on any atom is -0.385 e. The smallest absolute Gasteiger partial charge is 0.253 e. The number of hydrogen-bond donors (Lipinski definition) is 2. The second-order valence-corrected chi connectivity index (χ2v) is 6.47. The van der Waals surface area contributed by atoms with Crippen LogP contribution in [0.2, 0.25) is 5.02 Å². The van der Waals surface area contributed by atoms with Crippen molar-refractivity contribution in [1.29, 1.82) is 0 Å². The summed E-state index contributed by atoms with van der Waals surface area (Å²) in [5, 5.41) is 14.3. The highest BCUT2D eigenvalue weighted by atomic mass is 35.5. The average Bonchev–Trinajstić information content (AvgIpc) is 2.58. The van der Waals surface area contributed by atoms with Gasteiger partial charge in [0.05, 0.1) is 16.2 Å². The molecule has 5 heteroatoms. The van der Waals surface area contributed by atoms with Gasteiger partial charge < -0.3 is 10.4 Å². The quantitative estimate of drug-likeness (QED) is 0.907. The van der Waals surface area contributed by atoms with Gasteiger partial charge in [0.25, 0.3) is 5.91 Å². The van der Waals surface area contributed by atoms with Crippen molar-refractivity contribution in [3.05, 3.63) is 64.9 Å². The van der Waals surface area contributed by atoms with Gasteiger partial charge in [0.1, 0.15) is 0 Å². The van der Waals surface area contributed by atoms with Crippen LogP contribution in [-0.4, -0.2) is 22.0 Å². The maximum Gasteiger partial charge on any atom is 0.253 e. The van der Waals surface area contributed by atoms with E-state index in [-0.39, 0.29) is 11.9 Å². The van der Waals surface area contributed by atoms with E-state index in [4.69, 9.17) is 11.6 Å². The molecule has 0 atom stereocenters. The second kappa shape index (κ2) is 6.69. The molecule has 1 aromatic heterocycles. The summed E-state index contributed by atoms with van der Waals surface area (Å²) in [6.45, 7) is 0. The molecule has 0 aliphatic heterocycles. The molecule has 0 saturated heterocycles. The standard InChI is InChI=1S/C18H19ClN2O2/c19-15-10-13(11-20-12-15)17(22)21-16-6-8-18(23,9-7-16)14-4-2-1-3-5-14/h1-5,10-12,16,23H,6-9H2,(H,21,22). The molecule has 0 bridgehead atoms. The lowest BCUT2D eigenvalue weighted by Gasteiger charge is -2.36. The van der Waals surface area contributed by atoms with E-state index in [1.54, 1.807) is 6.07 Å². The van der Waals surface area contributed by atoms with Crippen LogP contribution < -0.4 is 5.32 Å². The summed E-state index contributed by atoms with van der Waals surface area (Å²) in [6, 6.07) is 11.4. The van der Waals surface area contributed by atoms with Crippen LogP contribution in [0, 0.1) is 0 Å². The molecule has 4 nitrogen and oxygen atoms in total. The number of hydrogen-bond acceptors (Lipinski definition) is 3. The van der Waals surface area contributed by atoms with Crippen molar-refractivity contribution >= 4 is 17.5 Å². The van der Waals surface area contributed by atoms with Gasteiger partial charge in [0.2, 0.25) is 0 Å². The summed E-state index contributed by atoms with van der Waals surface area (Å²) < 4.78 is 0. The summed E-state index contributed by atoms with van der Waals surface area (Å²) in [4.78, 5) is 16.2. The number of rotatable bonds is 3. The van der Waals surface area contributed by atoms with Gasteiger partial charge in [-0.05, 0) is 37.3 Å². The fourth-order valence-electron chi connectivity index (χ4n) is 3.08. The van der Waals surface area contributed by atoms with Crippen molar-refractivity contribution in [3.8, 4) is 0 Å². The highest BCUT2D eigenvalue weighted by Gasteiger charge is 2.35. The molecule has 1 aromatic carbocycles. The van der Waals surface area contributed by atoms with Gasteiger partial charge in [-0.25, -0.2) is 0 Å². The second-order valence-electron chi connectivity index (χ2n) is 6.04. The van der Waals surface area contributed by atoms with Crippen molar-refractivity contribution in [2.24, 2.45) is 0 Å². The van der Waals surface area contributed by atoms with Gasteiger partial charge in [-0.2, -0.15) is 0 Å². The minimum atomic E-state index is -0.792. The molecule has 1 fully saturated rings. The summed E-state index contributed by atoms with van der Waals surface area (Å²) >= 11 is 5.86. The fourth-order valence-corrected chi connectivity index (χ4v) is 3.26. The average molecular weight is 331 g/mol. The third-order valence-corrected chi connectivity index (χ3v) is 4.63. The molecular formula is C18H19ClN2O2. The molecule has 3 rings (SSSR count). The zero-order valence-corrected chi connectivity index (χ0v) is 13.5. The van der Waals surface area contributed by atoms with E-state index in [1.165, 1.54) is 12.4 Å². The number of nitrogens with one attached hydrogen (secondary N) is 1. The fraction of sp³-hybridized carbons (Fsp3) is 0.333. The van der Waals surface area contributed by atoms with E-state index in [0.29, 0.717) is 23.4 Å². The molecule has 0 spiro atoms. The number of aliphatic hydroxyl groups is 1. The summed E-state index contributed by atoms with van der Waals surface area (Å²) in [6.07, 6.45) is 5.75. The molecular weight excluding hydrogens is 312 g/mol. The highest BCUT2D eigenvalue weighted by Crippen LogP contribution is 2.37. The molecule has 2 N–H and O–H groups in total. The predicted molar refractivity (Wildman–Crippen MR) is 89.3 cm³/mol. The lowest BCUT2D eigenvalue weighted by atomic mass is 9.78. The van der Waals surface area contributed by atoms with E-state index >= 15 is 0 Å². The zero-order chi connectivity index (χ0) is 16.3. The largest absolute Gasteiger partial charge is 0.385 e. The minimum absolute atomic E-state index is 0.0606. The Morgan fingerprint density at radius 2 is 1.91 bits per heavy atom. The Morgan fingerprint density at radius 1 is 1.22 bits per heavy atom. The van der Waals surface area contributed by atoms with Crippen LogP contribution in [0.1, 0.15) is 41.6 Å².